The number of carbonyl (C=O) groups excluding carboxylic acids is 4. The van der Waals surface area contributed by atoms with E-state index in [9.17, 15) is 19.2 Å². The van der Waals surface area contributed by atoms with Gasteiger partial charge >= 0.3 is 6.03 Å². The van der Waals surface area contributed by atoms with Gasteiger partial charge in [0.1, 0.15) is 17.1 Å². The summed E-state index contributed by atoms with van der Waals surface area (Å²) >= 11 is 3.38. The van der Waals surface area contributed by atoms with Gasteiger partial charge in [0.25, 0.3) is 17.7 Å². The molecule has 4 rings (SSSR count). The molecular formula is C30H28BrN3O8. The summed E-state index contributed by atoms with van der Waals surface area (Å²) in [5.74, 6) is -0.706. The monoisotopic (exact) mass is 637 g/mol. The average Bonchev–Trinajstić information content (AvgIpc) is 2.98. The van der Waals surface area contributed by atoms with Gasteiger partial charge in [-0.25, -0.2) is 9.69 Å². The highest BCUT2D eigenvalue weighted by Gasteiger charge is 2.37. The number of rotatable bonds is 11. The van der Waals surface area contributed by atoms with Crippen LogP contribution >= 0.6 is 15.9 Å². The molecule has 1 saturated heterocycles. The maximum absolute atomic E-state index is 13.5. The molecule has 0 aromatic heterocycles. The Labute approximate surface area is 250 Å². The van der Waals surface area contributed by atoms with Crippen LogP contribution < -0.4 is 34.5 Å². The van der Waals surface area contributed by atoms with Crippen molar-refractivity contribution < 1.29 is 38.1 Å². The molecule has 0 bridgehead atoms. The number of ether oxygens (including phenoxy) is 4. The van der Waals surface area contributed by atoms with Gasteiger partial charge in [-0.2, -0.15) is 0 Å². The number of urea groups is 1. The van der Waals surface area contributed by atoms with Gasteiger partial charge in [-0.15, -0.1) is 0 Å². The summed E-state index contributed by atoms with van der Waals surface area (Å²) in [4.78, 5) is 52.5. The summed E-state index contributed by atoms with van der Waals surface area (Å²) in [5, 5.41) is 4.91. The molecule has 0 aliphatic carbocycles. The zero-order chi connectivity index (χ0) is 30.2. The lowest BCUT2D eigenvalue weighted by Gasteiger charge is -2.27. The molecule has 1 aliphatic heterocycles. The number of amides is 5. The van der Waals surface area contributed by atoms with Crippen LogP contribution in [0.25, 0.3) is 6.08 Å². The quantitative estimate of drug-likeness (QED) is 0.223. The maximum atomic E-state index is 13.5. The summed E-state index contributed by atoms with van der Waals surface area (Å²) < 4.78 is 22.7. The van der Waals surface area contributed by atoms with Gasteiger partial charge < -0.3 is 24.3 Å². The van der Waals surface area contributed by atoms with Gasteiger partial charge in [0.15, 0.2) is 18.1 Å². The van der Waals surface area contributed by atoms with Crippen LogP contribution in [0.15, 0.2) is 70.7 Å². The molecule has 12 heteroatoms. The summed E-state index contributed by atoms with van der Waals surface area (Å²) in [7, 11) is 2.93. The van der Waals surface area contributed by atoms with E-state index in [1.54, 1.807) is 48.5 Å². The molecule has 1 heterocycles. The Kier molecular flexibility index (Phi) is 9.81. The highest BCUT2D eigenvalue weighted by Crippen LogP contribution is 2.34. The molecule has 3 aromatic carbocycles. The number of anilines is 2. The second-order valence-corrected chi connectivity index (χ2v) is 9.78. The molecule has 1 aliphatic rings. The fourth-order valence-electron chi connectivity index (χ4n) is 4.02. The molecule has 42 heavy (non-hydrogen) atoms. The SMILES string of the molecule is CCCOc1ccc(N2C(=O)NC(=O)/C(=C/c3cc(Br)ccc3OCC(=O)Nc3ccccc3OC)C2=O)cc1OC. The number of imide groups is 2. The van der Waals surface area contributed by atoms with Crippen molar-refractivity contribution in [2.75, 3.05) is 37.7 Å². The van der Waals surface area contributed by atoms with Crippen LogP contribution in [0.4, 0.5) is 16.2 Å². The van der Waals surface area contributed by atoms with Crippen LogP contribution in [0.2, 0.25) is 0 Å². The van der Waals surface area contributed by atoms with Crippen molar-refractivity contribution in [3.8, 4) is 23.0 Å². The lowest BCUT2D eigenvalue weighted by Crippen LogP contribution is -2.54. The first kappa shape index (κ1) is 30.1. The van der Waals surface area contributed by atoms with E-state index >= 15 is 0 Å². The first-order valence-electron chi connectivity index (χ1n) is 12.8. The molecule has 0 unspecified atom stereocenters. The number of benzene rings is 3. The molecule has 2 N–H and O–H groups in total. The Morgan fingerprint density at radius 3 is 2.40 bits per heavy atom. The van der Waals surface area contributed by atoms with E-state index in [-0.39, 0.29) is 23.6 Å². The minimum Gasteiger partial charge on any atom is -0.495 e. The number of para-hydroxylation sites is 2. The van der Waals surface area contributed by atoms with Crippen LogP contribution in [-0.4, -0.2) is 51.2 Å². The van der Waals surface area contributed by atoms with Crippen molar-refractivity contribution in [1.82, 2.24) is 5.32 Å². The molecular weight excluding hydrogens is 610 g/mol. The van der Waals surface area contributed by atoms with Crippen molar-refractivity contribution in [2.45, 2.75) is 13.3 Å². The van der Waals surface area contributed by atoms with Crippen molar-refractivity contribution in [1.29, 1.82) is 0 Å². The van der Waals surface area contributed by atoms with Crippen LogP contribution in [0.1, 0.15) is 18.9 Å². The summed E-state index contributed by atoms with van der Waals surface area (Å²) in [6, 6.07) is 15.5. The summed E-state index contributed by atoms with van der Waals surface area (Å²) in [5.41, 5.74) is 0.655. The zero-order valence-corrected chi connectivity index (χ0v) is 24.6. The van der Waals surface area contributed by atoms with E-state index in [0.717, 1.165) is 11.3 Å². The minimum atomic E-state index is -0.912. The highest BCUT2D eigenvalue weighted by atomic mass is 79.9. The Balaban J connectivity index is 1.59. The lowest BCUT2D eigenvalue weighted by atomic mass is 10.1. The smallest absolute Gasteiger partial charge is 0.335 e. The van der Waals surface area contributed by atoms with Crippen molar-refractivity contribution >= 4 is 57.1 Å². The number of methoxy groups -OCH3 is 2. The lowest BCUT2D eigenvalue weighted by molar-refractivity contribution is -0.122. The predicted molar refractivity (Wildman–Crippen MR) is 159 cm³/mol. The Bertz CT molecular complexity index is 1560. The predicted octanol–water partition coefficient (Wildman–Crippen LogP) is 4.94. The van der Waals surface area contributed by atoms with E-state index in [1.807, 2.05) is 6.92 Å². The van der Waals surface area contributed by atoms with E-state index in [2.05, 4.69) is 26.6 Å². The van der Waals surface area contributed by atoms with Gasteiger partial charge in [0.2, 0.25) is 0 Å². The maximum Gasteiger partial charge on any atom is 0.335 e. The number of nitrogens with one attached hydrogen (secondary N) is 2. The van der Waals surface area contributed by atoms with Gasteiger partial charge in [-0.3, -0.25) is 19.7 Å². The topological polar surface area (TPSA) is 132 Å². The van der Waals surface area contributed by atoms with Crippen LogP contribution in [0.5, 0.6) is 23.0 Å². The van der Waals surface area contributed by atoms with Crippen molar-refractivity contribution in [3.05, 3.63) is 76.3 Å². The van der Waals surface area contributed by atoms with Gasteiger partial charge in [0.05, 0.1) is 32.2 Å². The van der Waals surface area contributed by atoms with Gasteiger partial charge in [-0.05, 0) is 55.0 Å². The second-order valence-electron chi connectivity index (χ2n) is 8.86. The van der Waals surface area contributed by atoms with Crippen LogP contribution in [-0.2, 0) is 14.4 Å². The number of carbonyl (C=O) groups is 4. The molecule has 0 spiro atoms. The molecule has 0 atom stereocenters. The van der Waals surface area contributed by atoms with Crippen LogP contribution in [0, 0.1) is 0 Å². The fraction of sp³-hybridized carbons (Fsp3) is 0.200. The molecule has 3 aromatic rings. The molecule has 1 fully saturated rings. The van der Waals surface area contributed by atoms with E-state index in [0.29, 0.717) is 39.6 Å². The second kappa shape index (κ2) is 13.7. The molecule has 0 radical (unpaired) electrons. The Morgan fingerprint density at radius 2 is 1.67 bits per heavy atom. The molecule has 5 amide bonds. The fourth-order valence-corrected chi connectivity index (χ4v) is 4.39. The van der Waals surface area contributed by atoms with E-state index < -0.39 is 23.8 Å². The van der Waals surface area contributed by atoms with Crippen molar-refractivity contribution in [3.63, 3.8) is 0 Å². The van der Waals surface area contributed by atoms with Crippen LogP contribution in [0.3, 0.4) is 0 Å². The third kappa shape index (κ3) is 6.89. The Morgan fingerprint density at radius 1 is 0.929 bits per heavy atom. The van der Waals surface area contributed by atoms with Crippen molar-refractivity contribution in [2.24, 2.45) is 0 Å². The molecule has 0 saturated carbocycles. The standard InChI is InChI=1S/C30H28BrN3O8/c1-4-13-41-25-12-10-20(16-26(25)40-3)34-29(37)21(28(36)33-30(34)38)15-18-14-19(31)9-11-23(18)42-17-27(35)32-22-7-5-6-8-24(22)39-2/h5-12,14-16H,4,13,17H2,1-3H3,(H,32,35)(H,33,36,38)/b21-15-. The number of barbiturate groups is 1. The molecule has 218 valence electrons. The normalized spacial score (nSPS) is 14.0. The van der Waals surface area contributed by atoms with E-state index in [4.69, 9.17) is 18.9 Å². The number of nitrogens with zero attached hydrogens (tertiary/aromatic N) is 1. The third-order valence-electron chi connectivity index (χ3n) is 5.98. The Hall–Kier alpha value is -4.84. The number of hydrogen-bond donors (Lipinski definition) is 2. The number of hydrogen-bond acceptors (Lipinski definition) is 8. The van der Waals surface area contributed by atoms with Gasteiger partial charge in [-0.1, -0.05) is 35.0 Å². The first-order chi connectivity index (χ1) is 20.2. The minimum absolute atomic E-state index is 0.176. The average molecular weight is 638 g/mol. The summed E-state index contributed by atoms with van der Waals surface area (Å²) in [6.45, 7) is 2.05. The zero-order valence-electron chi connectivity index (χ0n) is 23.1. The molecule has 11 nitrogen and oxygen atoms in total. The van der Waals surface area contributed by atoms with Gasteiger partial charge in [0, 0.05) is 16.1 Å². The first-order valence-corrected chi connectivity index (χ1v) is 13.6. The third-order valence-corrected chi connectivity index (χ3v) is 6.47. The highest BCUT2D eigenvalue weighted by molar-refractivity contribution is 9.10. The summed E-state index contributed by atoms with van der Waals surface area (Å²) in [6.07, 6.45) is 2.08. The largest absolute Gasteiger partial charge is 0.495 e. The number of halogens is 1. The van der Waals surface area contributed by atoms with E-state index in [1.165, 1.54) is 32.4 Å².